The van der Waals surface area contributed by atoms with Crippen LogP contribution in [0.5, 0.6) is 0 Å². The van der Waals surface area contributed by atoms with Crippen molar-refractivity contribution in [1.29, 1.82) is 0 Å². The molecular weight excluding hydrogens is 292 g/mol. The minimum Gasteiger partial charge on any atom is -0.460 e. The van der Waals surface area contributed by atoms with Gasteiger partial charge in [-0.05, 0) is 62.7 Å². The summed E-state index contributed by atoms with van der Waals surface area (Å²) in [4.78, 5) is 23.8. The number of hydrogen-bond acceptors (Lipinski definition) is 4. The maximum Gasteiger partial charge on any atom is 0.338 e. The van der Waals surface area contributed by atoms with Crippen LogP contribution >= 0.6 is 0 Å². The van der Waals surface area contributed by atoms with Crippen molar-refractivity contribution in [1.82, 2.24) is 0 Å². The number of cyclic esters (lactones) is 1. The van der Waals surface area contributed by atoms with Crippen molar-refractivity contribution in [2.45, 2.75) is 83.8 Å². The van der Waals surface area contributed by atoms with E-state index in [4.69, 9.17) is 4.74 Å². The molecule has 6 atom stereocenters. The number of Topliss-reactive ketones (excluding diaryl/α,β-unsaturated/α-hetero) is 1. The Morgan fingerprint density at radius 3 is 2.70 bits per heavy atom. The standard InChI is InChI=1S/C19H30O4/c1-12(6-7-13-11-19(3,22)17(21)23-13)14-8-9-15-16(20)5-4-10-18(14,15)2/h12-15,22H,4-11H2,1-3H3/t12?,13-,14?,15?,18?,19?/m0/s1. The zero-order valence-electron chi connectivity index (χ0n) is 14.6. The summed E-state index contributed by atoms with van der Waals surface area (Å²) in [6.07, 6.45) is 7.25. The van der Waals surface area contributed by atoms with Crippen molar-refractivity contribution in [3.05, 3.63) is 0 Å². The molecule has 5 unspecified atom stereocenters. The topological polar surface area (TPSA) is 63.6 Å². The predicted octanol–water partition coefficient (Wildman–Crippen LogP) is 3.25. The number of rotatable bonds is 4. The van der Waals surface area contributed by atoms with E-state index in [2.05, 4.69) is 13.8 Å². The molecule has 0 aromatic carbocycles. The van der Waals surface area contributed by atoms with Gasteiger partial charge in [-0.1, -0.05) is 13.8 Å². The van der Waals surface area contributed by atoms with Gasteiger partial charge in [-0.25, -0.2) is 4.79 Å². The van der Waals surface area contributed by atoms with Gasteiger partial charge in [0.05, 0.1) is 0 Å². The Balaban J connectivity index is 1.58. The number of fused-ring (bicyclic) bond motifs is 1. The first-order valence-corrected chi connectivity index (χ1v) is 9.20. The van der Waals surface area contributed by atoms with Gasteiger partial charge in [0.25, 0.3) is 0 Å². The lowest BCUT2D eigenvalue weighted by Crippen LogP contribution is -2.39. The molecule has 130 valence electrons. The lowest BCUT2D eigenvalue weighted by Gasteiger charge is -2.42. The molecule has 4 nitrogen and oxygen atoms in total. The Kier molecular flexibility index (Phi) is 4.33. The van der Waals surface area contributed by atoms with Crippen molar-refractivity contribution in [2.75, 3.05) is 0 Å². The van der Waals surface area contributed by atoms with Gasteiger partial charge < -0.3 is 9.84 Å². The molecule has 0 amide bonds. The van der Waals surface area contributed by atoms with Crippen LogP contribution in [-0.2, 0) is 14.3 Å². The summed E-state index contributed by atoms with van der Waals surface area (Å²) in [5, 5.41) is 9.92. The highest BCUT2D eigenvalue weighted by Crippen LogP contribution is 2.57. The van der Waals surface area contributed by atoms with Crippen LogP contribution in [0.25, 0.3) is 0 Å². The molecule has 0 spiro atoms. The van der Waals surface area contributed by atoms with Crippen molar-refractivity contribution in [3.63, 3.8) is 0 Å². The smallest absolute Gasteiger partial charge is 0.338 e. The third-order valence-corrected chi connectivity index (χ3v) is 6.91. The minimum absolute atomic E-state index is 0.155. The van der Waals surface area contributed by atoms with Gasteiger partial charge >= 0.3 is 5.97 Å². The summed E-state index contributed by atoms with van der Waals surface area (Å²) in [7, 11) is 0. The SMILES string of the molecule is CC(CC[C@H]1CC(C)(O)C(=O)O1)C1CCC2C(=O)CCCC21C. The molecule has 1 aliphatic heterocycles. The van der Waals surface area contributed by atoms with Crippen LogP contribution < -0.4 is 0 Å². The van der Waals surface area contributed by atoms with Crippen LogP contribution in [0.4, 0.5) is 0 Å². The van der Waals surface area contributed by atoms with Crippen LogP contribution in [-0.4, -0.2) is 28.6 Å². The molecule has 0 radical (unpaired) electrons. The fraction of sp³-hybridized carbons (Fsp3) is 0.895. The zero-order chi connectivity index (χ0) is 16.8. The van der Waals surface area contributed by atoms with E-state index in [1.807, 2.05) is 0 Å². The normalized spacial score (nSPS) is 45.0. The van der Waals surface area contributed by atoms with Crippen molar-refractivity contribution in [3.8, 4) is 0 Å². The highest BCUT2D eigenvalue weighted by atomic mass is 16.6. The van der Waals surface area contributed by atoms with E-state index in [0.29, 0.717) is 24.0 Å². The third-order valence-electron chi connectivity index (χ3n) is 6.91. The number of carbonyl (C=O) groups excluding carboxylic acids is 2. The molecule has 2 saturated carbocycles. The third kappa shape index (κ3) is 2.95. The lowest BCUT2D eigenvalue weighted by atomic mass is 9.62. The van der Waals surface area contributed by atoms with Crippen LogP contribution in [0, 0.1) is 23.2 Å². The zero-order valence-corrected chi connectivity index (χ0v) is 14.6. The van der Waals surface area contributed by atoms with E-state index in [0.717, 1.165) is 38.5 Å². The van der Waals surface area contributed by atoms with Crippen LogP contribution in [0.3, 0.4) is 0 Å². The molecule has 0 bridgehead atoms. The number of aliphatic hydroxyl groups is 1. The van der Waals surface area contributed by atoms with Gasteiger partial charge in [0, 0.05) is 18.8 Å². The summed E-state index contributed by atoms with van der Waals surface area (Å²) in [6, 6.07) is 0. The van der Waals surface area contributed by atoms with Gasteiger partial charge in [-0.3, -0.25) is 4.79 Å². The minimum atomic E-state index is -1.31. The molecule has 4 heteroatoms. The molecular formula is C19H30O4. The maximum atomic E-state index is 12.2. The fourth-order valence-electron chi connectivity index (χ4n) is 5.56. The number of ketones is 1. The molecule has 0 aromatic heterocycles. The van der Waals surface area contributed by atoms with Gasteiger partial charge in [0.1, 0.15) is 11.9 Å². The quantitative estimate of drug-likeness (QED) is 0.807. The molecule has 0 aromatic rings. The Bertz CT molecular complexity index is 498. The summed E-state index contributed by atoms with van der Waals surface area (Å²) >= 11 is 0. The molecule has 1 heterocycles. The van der Waals surface area contributed by atoms with E-state index in [-0.39, 0.29) is 17.4 Å². The molecule has 1 saturated heterocycles. The number of hydrogen-bond donors (Lipinski definition) is 1. The Hall–Kier alpha value is -0.900. The summed E-state index contributed by atoms with van der Waals surface area (Å²) in [6.45, 7) is 6.14. The van der Waals surface area contributed by atoms with Crippen molar-refractivity contribution < 1.29 is 19.4 Å². The van der Waals surface area contributed by atoms with E-state index < -0.39 is 11.6 Å². The number of carbonyl (C=O) groups is 2. The predicted molar refractivity (Wildman–Crippen MR) is 86.7 cm³/mol. The maximum absolute atomic E-state index is 12.2. The van der Waals surface area contributed by atoms with Gasteiger partial charge in [0.15, 0.2) is 5.60 Å². The van der Waals surface area contributed by atoms with Crippen LogP contribution in [0.15, 0.2) is 0 Å². The second kappa shape index (κ2) is 5.87. The first-order valence-electron chi connectivity index (χ1n) is 9.20. The van der Waals surface area contributed by atoms with Gasteiger partial charge in [-0.15, -0.1) is 0 Å². The van der Waals surface area contributed by atoms with Crippen molar-refractivity contribution in [2.24, 2.45) is 23.2 Å². The average molecular weight is 322 g/mol. The molecule has 23 heavy (non-hydrogen) atoms. The number of esters is 1. The highest BCUT2D eigenvalue weighted by Gasteiger charge is 2.52. The molecule has 2 aliphatic carbocycles. The largest absolute Gasteiger partial charge is 0.460 e. The first kappa shape index (κ1) is 16.9. The Morgan fingerprint density at radius 2 is 2.04 bits per heavy atom. The summed E-state index contributed by atoms with van der Waals surface area (Å²) < 4.78 is 5.30. The van der Waals surface area contributed by atoms with Gasteiger partial charge in [-0.2, -0.15) is 0 Å². The molecule has 3 fully saturated rings. The van der Waals surface area contributed by atoms with E-state index in [1.54, 1.807) is 0 Å². The average Bonchev–Trinajstić information content (AvgIpc) is 2.94. The number of ether oxygens (including phenoxy) is 1. The first-order chi connectivity index (χ1) is 10.7. The second-order valence-corrected chi connectivity index (χ2v) is 8.62. The monoisotopic (exact) mass is 322 g/mol. The van der Waals surface area contributed by atoms with Gasteiger partial charge in [0.2, 0.25) is 0 Å². The van der Waals surface area contributed by atoms with E-state index in [1.165, 1.54) is 13.3 Å². The van der Waals surface area contributed by atoms with Crippen LogP contribution in [0.1, 0.15) is 72.1 Å². The second-order valence-electron chi connectivity index (χ2n) is 8.62. The highest BCUT2D eigenvalue weighted by molar-refractivity contribution is 5.83. The van der Waals surface area contributed by atoms with E-state index in [9.17, 15) is 14.7 Å². The summed E-state index contributed by atoms with van der Waals surface area (Å²) in [5.41, 5.74) is -1.14. The van der Waals surface area contributed by atoms with Crippen LogP contribution in [0.2, 0.25) is 0 Å². The summed E-state index contributed by atoms with van der Waals surface area (Å²) in [5.74, 6) is 1.39. The fourth-order valence-corrected chi connectivity index (χ4v) is 5.56. The Labute approximate surface area is 139 Å². The van der Waals surface area contributed by atoms with E-state index >= 15 is 0 Å². The lowest BCUT2D eigenvalue weighted by molar-refractivity contribution is -0.153. The van der Waals surface area contributed by atoms with Crippen molar-refractivity contribution >= 4 is 11.8 Å². The Morgan fingerprint density at radius 1 is 1.30 bits per heavy atom. The molecule has 1 N–H and O–H groups in total. The molecule has 3 rings (SSSR count). The molecule has 3 aliphatic rings.